The van der Waals surface area contributed by atoms with Gasteiger partial charge in [0, 0.05) is 24.6 Å². The lowest BCUT2D eigenvalue weighted by atomic mass is 10.1. The topological polar surface area (TPSA) is 6.48 Å². The Labute approximate surface area is 218 Å². The highest BCUT2D eigenvalue weighted by Crippen LogP contribution is 2.24. The van der Waals surface area contributed by atoms with E-state index in [0.717, 1.165) is 39.3 Å². The average molecular weight is 501 g/mol. The minimum atomic E-state index is 1.07. The minimum Gasteiger partial charge on any atom is -0.300 e. The first-order chi connectivity index (χ1) is 16.7. The Hall–Kier alpha value is -0.940. The zero-order valence-corrected chi connectivity index (χ0v) is 23.9. The lowest BCUT2D eigenvalue weighted by molar-refractivity contribution is 0.296. The second kappa shape index (κ2) is 18.3. The van der Waals surface area contributed by atoms with Crippen molar-refractivity contribution in [3.8, 4) is 0 Å². The summed E-state index contributed by atoms with van der Waals surface area (Å²) in [6, 6.07) is 18.6. The van der Waals surface area contributed by atoms with E-state index in [9.17, 15) is 0 Å². The zero-order valence-electron chi connectivity index (χ0n) is 22.2. The molecular weight excluding hydrogens is 452 g/mol. The van der Waals surface area contributed by atoms with Crippen molar-refractivity contribution in [2.45, 2.75) is 79.3 Å². The van der Waals surface area contributed by atoms with Crippen LogP contribution in [0, 0.1) is 0 Å². The van der Waals surface area contributed by atoms with E-state index in [1.165, 1.54) is 72.3 Å². The van der Waals surface area contributed by atoms with Gasteiger partial charge in [-0.3, -0.25) is 9.80 Å². The Morgan fingerprint density at radius 1 is 0.471 bits per heavy atom. The van der Waals surface area contributed by atoms with Gasteiger partial charge in [0.05, 0.1) is 0 Å². The number of benzene rings is 2. The molecule has 0 unspecified atom stereocenters. The van der Waals surface area contributed by atoms with Crippen LogP contribution >= 0.6 is 21.6 Å². The van der Waals surface area contributed by atoms with Crippen molar-refractivity contribution in [3.05, 3.63) is 70.8 Å². The van der Waals surface area contributed by atoms with Gasteiger partial charge in [0.25, 0.3) is 0 Å². The van der Waals surface area contributed by atoms with Crippen LogP contribution in [0.3, 0.4) is 0 Å². The van der Waals surface area contributed by atoms with Gasteiger partial charge in [-0.05, 0) is 87.0 Å². The van der Waals surface area contributed by atoms with Gasteiger partial charge < -0.3 is 0 Å². The van der Waals surface area contributed by atoms with Gasteiger partial charge in [-0.15, -0.1) is 0 Å². The molecule has 4 heteroatoms. The SMILES string of the molecule is CCN(CC)Cc1ccc(CCCCSSCCCCc2ccc(CN(CC)CC)cc2)cc1. The molecule has 0 aliphatic carbocycles. The van der Waals surface area contributed by atoms with Crippen LogP contribution in [-0.2, 0) is 25.9 Å². The van der Waals surface area contributed by atoms with Crippen LogP contribution in [-0.4, -0.2) is 47.5 Å². The molecule has 0 atom stereocenters. The van der Waals surface area contributed by atoms with Crippen LogP contribution in [0.5, 0.6) is 0 Å². The standard InChI is InChI=1S/C30H48N2S2/c1-5-31(6-2)25-29-19-15-27(16-20-29)13-9-11-23-33-34-24-12-10-14-28-17-21-30(22-18-28)26-32(7-3)8-4/h15-22H,5-14,23-26H2,1-4H3. The van der Waals surface area contributed by atoms with E-state index in [1.54, 1.807) is 0 Å². The van der Waals surface area contributed by atoms with Crippen molar-refractivity contribution in [2.75, 3.05) is 37.7 Å². The normalized spacial score (nSPS) is 11.6. The Kier molecular flexibility index (Phi) is 15.8. The molecule has 2 rings (SSSR count). The lowest BCUT2D eigenvalue weighted by Crippen LogP contribution is -2.21. The molecule has 0 bridgehead atoms. The van der Waals surface area contributed by atoms with Crippen LogP contribution in [0.15, 0.2) is 48.5 Å². The summed E-state index contributed by atoms with van der Waals surface area (Å²) >= 11 is 0. The maximum Gasteiger partial charge on any atom is 0.0233 e. The number of nitrogens with zero attached hydrogens (tertiary/aromatic N) is 2. The van der Waals surface area contributed by atoms with Crippen molar-refractivity contribution < 1.29 is 0 Å². The number of unbranched alkanes of at least 4 members (excludes halogenated alkanes) is 2. The van der Waals surface area contributed by atoms with E-state index in [1.807, 2.05) is 0 Å². The molecule has 0 saturated carbocycles. The van der Waals surface area contributed by atoms with Gasteiger partial charge in [0.1, 0.15) is 0 Å². The summed E-state index contributed by atoms with van der Waals surface area (Å²) in [4.78, 5) is 4.94. The van der Waals surface area contributed by atoms with Gasteiger partial charge in [0.2, 0.25) is 0 Å². The highest BCUT2D eigenvalue weighted by atomic mass is 33.1. The Balaban J connectivity index is 1.46. The second-order valence-corrected chi connectivity index (χ2v) is 11.8. The molecule has 0 N–H and O–H groups in total. The van der Waals surface area contributed by atoms with Crippen LogP contribution < -0.4 is 0 Å². The summed E-state index contributed by atoms with van der Waals surface area (Å²) in [7, 11) is 4.13. The fourth-order valence-corrected chi connectivity index (χ4v) is 6.43. The summed E-state index contributed by atoms with van der Waals surface area (Å²) in [6.07, 6.45) is 7.66. The molecule has 2 aromatic rings. The van der Waals surface area contributed by atoms with Crippen LogP contribution in [0.1, 0.15) is 75.6 Å². The third kappa shape index (κ3) is 12.2. The van der Waals surface area contributed by atoms with E-state index in [4.69, 9.17) is 0 Å². The van der Waals surface area contributed by atoms with Gasteiger partial charge in [-0.1, -0.05) is 97.8 Å². The van der Waals surface area contributed by atoms with E-state index in [-0.39, 0.29) is 0 Å². The van der Waals surface area contributed by atoms with E-state index in [2.05, 4.69) is 108 Å². The molecule has 0 amide bonds. The van der Waals surface area contributed by atoms with Crippen molar-refractivity contribution in [3.63, 3.8) is 0 Å². The van der Waals surface area contributed by atoms with Gasteiger partial charge in [-0.2, -0.15) is 0 Å². The maximum atomic E-state index is 2.47. The molecule has 2 nitrogen and oxygen atoms in total. The van der Waals surface area contributed by atoms with E-state index >= 15 is 0 Å². The molecule has 0 spiro atoms. The Bertz CT molecular complexity index is 672. The summed E-state index contributed by atoms with van der Waals surface area (Å²) in [5.41, 5.74) is 5.85. The summed E-state index contributed by atoms with van der Waals surface area (Å²) in [5, 5.41) is 0. The van der Waals surface area contributed by atoms with Crippen molar-refractivity contribution >= 4 is 21.6 Å². The molecule has 0 saturated heterocycles. The largest absolute Gasteiger partial charge is 0.300 e. The van der Waals surface area contributed by atoms with Gasteiger partial charge >= 0.3 is 0 Å². The van der Waals surface area contributed by atoms with Crippen molar-refractivity contribution in [2.24, 2.45) is 0 Å². The predicted octanol–water partition coefficient (Wildman–Crippen LogP) is 8.10. The fraction of sp³-hybridized carbons (Fsp3) is 0.600. The lowest BCUT2D eigenvalue weighted by Gasteiger charge is -2.18. The van der Waals surface area contributed by atoms with Crippen molar-refractivity contribution in [1.82, 2.24) is 9.80 Å². The third-order valence-electron chi connectivity index (χ3n) is 6.62. The molecule has 34 heavy (non-hydrogen) atoms. The number of rotatable bonds is 19. The molecule has 2 aromatic carbocycles. The average Bonchev–Trinajstić information content (AvgIpc) is 2.88. The number of hydrogen-bond acceptors (Lipinski definition) is 4. The Morgan fingerprint density at radius 3 is 1.12 bits per heavy atom. The zero-order chi connectivity index (χ0) is 24.4. The first-order valence-electron chi connectivity index (χ1n) is 13.5. The highest BCUT2D eigenvalue weighted by molar-refractivity contribution is 8.76. The molecule has 190 valence electrons. The van der Waals surface area contributed by atoms with Gasteiger partial charge in [0.15, 0.2) is 0 Å². The smallest absolute Gasteiger partial charge is 0.0233 e. The fourth-order valence-electron chi connectivity index (χ4n) is 4.13. The highest BCUT2D eigenvalue weighted by Gasteiger charge is 2.03. The predicted molar refractivity (Wildman–Crippen MR) is 157 cm³/mol. The summed E-state index contributed by atoms with van der Waals surface area (Å²) in [5.74, 6) is 2.55. The Morgan fingerprint density at radius 2 is 0.794 bits per heavy atom. The minimum absolute atomic E-state index is 1.07. The molecule has 0 aromatic heterocycles. The molecule has 0 aliphatic heterocycles. The van der Waals surface area contributed by atoms with Crippen molar-refractivity contribution in [1.29, 1.82) is 0 Å². The van der Waals surface area contributed by atoms with E-state index < -0.39 is 0 Å². The first-order valence-corrected chi connectivity index (χ1v) is 16.0. The molecule has 0 aliphatic rings. The maximum absolute atomic E-state index is 2.47. The third-order valence-corrected chi connectivity index (χ3v) is 9.19. The molecule has 0 fully saturated rings. The van der Waals surface area contributed by atoms with Crippen LogP contribution in [0.25, 0.3) is 0 Å². The molecule has 0 heterocycles. The van der Waals surface area contributed by atoms with Crippen LogP contribution in [0.4, 0.5) is 0 Å². The second-order valence-electron chi connectivity index (χ2n) is 9.11. The van der Waals surface area contributed by atoms with E-state index in [0.29, 0.717) is 0 Å². The molecule has 0 radical (unpaired) electrons. The summed E-state index contributed by atoms with van der Waals surface area (Å²) in [6.45, 7) is 15.6. The monoisotopic (exact) mass is 500 g/mol. The first kappa shape index (κ1) is 29.3. The van der Waals surface area contributed by atoms with Gasteiger partial charge in [-0.25, -0.2) is 0 Å². The summed E-state index contributed by atoms with van der Waals surface area (Å²) < 4.78 is 0. The number of aryl methyl sites for hydroxylation is 2. The van der Waals surface area contributed by atoms with Crippen LogP contribution in [0.2, 0.25) is 0 Å². The molecular formula is C30H48N2S2. The number of hydrogen-bond donors (Lipinski definition) is 0. The quantitative estimate of drug-likeness (QED) is 0.142.